The van der Waals surface area contributed by atoms with Gasteiger partial charge in [-0.05, 0) is 23.8 Å². The second-order valence-electron chi connectivity index (χ2n) is 3.28. The number of rotatable bonds is 3. The van der Waals surface area contributed by atoms with E-state index in [0.717, 1.165) is 5.69 Å². The number of hydrogen-bond donors (Lipinski definition) is 1. The van der Waals surface area contributed by atoms with Crippen LogP contribution in [-0.4, -0.2) is 20.9 Å². The van der Waals surface area contributed by atoms with E-state index in [9.17, 15) is 4.79 Å². The highest BCUT2D eigenvalue weighted by atomic mass is 16.4. The summed E-state index contributed by atoms with van der Waals surface area (Å²) >= 11 is 0. The predicted octanol–water partition coefficient (Wildman–Crippen LogP) is 1.97. The molecule has 0 radical (unpaired) electrons. The molecular formula is C12H10N2O2. The van der Waals surface area contributed by atoms with Gasteiger partial charge >= 0.3 is 5.97 Å². The average molecular weight is 214 g/mol. The Morgan fingerprint density at radius 1 is 1.31 bits per heavy atom. The van der Waals surface area contributed by atoms with Crippen molar-refractivity contribution in [2.45, 2.75) is 0 Å². The van der Waals surface area contributed by atoms with Crippen molar-refractivity contribution in [2.75, 3.05) is 0 Å². The lowest BCUT2D eigenvalue weighted by atomic mass is 10.1. The van der Waals surface area contributed by atoms with E-state index >= 15 is 0 Å². The molecule has 0 saturated carbocycles. The minimum atomic E-state index is -1.01. The van der Waals surface area contributed by atoms with E-state index in [0.29, 0.717) is 5.56 Å². The number of aromatic nitrogens is 2. The van der Waals surface area contributed by atoms with Gasteiger partial charge in [0.15, 0.2) is 0 Å². The second-order valence-corrected chi connectivity index (χ2v) is 3.28. The van der Waals surface area contributed by atoms with E-state index in [-0.39, 0.29) is 5.57 Å². The van der Waals surface area contributed by atoms with Gasteiger partial charge < -0.3 is 5.11 Å². The minimum Gasteiger partial charge on any atom is -0.478 e. The van der Waals surface area contributed by atoms with Gasteiger partial charge in [0.25, 0.3) is 0 Å². The quantitative estimate of drug-likeness (QED) is 0.795. The van der Waals surface area contributed by atoms with Gasteiger partial charge in [0.1, 0.15) is 0 Å². The summed E-state index contributed by atoms with van der Waals surface area (Å²) in [7, 11) is 0. The second kappa shape index (κ2) is 4.02. The summed E-state index contributed by atoms with van der Waals surface area (Å²) in [4.78, 5) is 10.7. The molecule has 1 aromatic heterocycles. The molecule has 0 amide bonds. The van der Waals surface area contributed by atoms with Gasteiger partial charge in [-0.1, -0.05) is 18.7 Å². The van der Waals surface area contributed by atoms with Gasteiger partial charge in [-0.3, -0.25) is 0 Å². The van der Waals surface area contributed by atoms with Crippen LogP contribution >= 0.6 is 0 Å². The number of benzene rings is 1. The molecule has 2 rings (SSSR count). The number of carboxylic acid groups (broad SMARTS) is 1. The van der Waals surface area contributed by atoms with Crippen LogP contribution in [0.15, 0.2) is 49.3 Å². The monoisotopic (exact) mass is 214 g/mol. The standard InChI is InChI=1S/C12H10N2O2/c1-9(12(15)16)10-3-5-11(6-4-10)14-8-2-7-13-14/h2-8H,1H2,(H,15,16). The summed E-state index contributed by atoms with van der Waals surface area (Å²) in [6, 6.07) is 8.86. The Kier molecular flexibility index (Phi) is 2.55. The molecule has 1 heterocycles. The van der Waals surface area contributed by atoms with E-state index in [1.807, 2.05) is 12.3 Å². The predicted molar refractivity (Wildman–Crippen MR) is 60.2 cm³/mol. The number of carboxylic acids is 1. The first-order chi connectivity index (χ1) is 7.68. The SMILES string of the molecule is C=C(C(=O)O)c1ccc(-n2cccn2)cc1. The molecule has 2 aromatic rings. The molecule has 0 aliphatic heterocycles. The van der Waals surface area contributed by atoms with Crippen molar-refractivity contribution in [3.05, 3.63) is 54.9 Å². The van der Waals surface area contributed by atoms with Crippen molar-refractivity contribution in [1.29, 1.82) is 0 Å². The smallest absolute Gasteiger partial charge is 0.335 e. The molecule has 0 aliphatic carbocycles. The zero-order valence-electron chi connectivity index (χ0n) is 8.50. The third-order valence-electron chi connectivity index (χ3n) is 2.24. The molecule has 0 bridgehead atoms. The highest BCUT2D eigenvalue weighted by Crippen LogP contribution is 2.15. The van der Waals surface area contributed by atoms with Crippen LogP contribution in [0.1, 0.15) is 5.56 Å². The summed E-state index contributed by atoms with van der Waals surface area (Å²) < 4.78 is 1.70. The molecule has 4 nitrogen and oxygen atoms in total. The molecule has 0 unspecified atom stereocenters. The van der Waals surface area contributed by atoms with Gasteiger partial charge in [-0.25, -0.2) is 9.48 Å². The molecule has 16 heavy (non-hydrogen) atoms. The zero-order valence-corrected chi connectivity index (χ0v) is 8.50. The molecule has 0 fully saturated rings. The first-order valence-corrected chi connectivity index (χ1v) is 4.71. The third kappa shape index (κ3) is 1.86. The zero-order chi connectivity index (χ0) is 11.5. The lowest BCUT2D eigenvalue weighted by molar-refractivity contribution is -0.130. The van der Waals surface area contributed by atoms with Crippen molar-refractivity contribution in [2.24, 2.45) is 0 Å². The molecule has 0 spiro atoms. The van der Waals surface area contributed by atoms with Crippen LogP contribution in [0.25, 0.3) is 11.3 Å². The van der Waals surface area contributed by atoms with Crippen LogP contribution in [-0.2, 0) is 4.79 Å². The maximum Gasteiger partial charge on any atom is 0.335 e. The maximum absolute atomic E-state index is 10.7. The lowest BCUT2D eigenvalue weighted by Gasteiger charge is -2.03. The molecule has 0 atom stereocenters. The highest BCUT2D eigenvalue weighted by molar-refractivity contribution is 6.14. The summed E-state index contributed by atoms with van der Waals surface area (Å²) in [6.07, 6.45) is 3.51. The Bertz CT molecular complexity index is 512. The Balaban J connectivity index is 2.30. The molecule has 1 N–H and O–H groups in total. The Morgan fingerprint density at radius 2 is 2.00 bits per heavy atom. The van der Waals surface area contributed by atoms with Crippen LogP contribution in [0.4, 0.5) is 0 Å². The number of hydrogen-bond acceptors (Lipinski definition) is 2. The molecule has 0 aliphatic rings. The highest BCUT2D eigenvalue weighted by Gasteiger charge is 2.06. The van der Waals surface area contributed by atoms with Crippen molar-refractivity contribution < 1.29 is 9.90 Å². The van der Waals surface area contributed by atoms with Crippen molar-refractivity contribution >= 4 is 11.5 Å². The van der Waals surface area contributed by atoms with Gasteiger partial charge in [0.2, 0.25) is 0 Å². The van der Waals surface area contributed by atoms with Gasteiger partial charge in [-0.2, -0.15) is 5.10 Å². The van der Waals surface area contributed by atoms with E-state index in [1.165, 1.54) is 0 Å². The molecular weight excluding hydrogens is 204 g/mol. The summed E-state index contributed by atoms with van der Waals surface area (Å²) in [5, 5.41) is 12.8. The normalized spacial score (nSPS) is 10.0. The fourth-order valence-corrected chi connectivity index (χ4v) is 1.36. The largest absolute Gasteiger partial charge is 0.478 e. The van der Waals surface area contributed by atoms with Crippen LogP contribution < -0.4 is 0 Å². The lowest BCUT2D eigenvalue weighted by Crippen LogP contribution is -1.99. The third-order valence-corrected chi connectivity index (χ3v) is 2.24. The van der Waals surface area contributed by atoms with Crippen molar-refractivity contribution in [3.8, 4) is 5.69 Å². The van der Waals surface area contributed by atoms with Crippen LogP contribution in [0.3, 0.4) is 0 Å². The topological polar surface area (TPSA) is 55.1 Å². The van der Waals surface area contributed by atoms with E-state index in [2.05, 4.69) is 11.7 Å². The van der Waals surface area contributed by atoms with E-state index < -0.39 is 5.97 Å². The van der Waals surface area contributed by atoms with Crippen molar-refractivity contribution in [3.63, 3.8) is 0 Å². The molecule has 0 saturated heterocycles. The van der Waals surface area contributed by atoms with E-state index in [4.69, 9.17) is 5.11 Å². The Hall–Kier alpha value is -2.36. The summed E-state index contributed by atoms with van der Waals surface area (Å²) in [5.74, 6) is -1.01. The van der Waals surface area contributed by atoms with Gasteiger partial charge in [0, 0.05) is 12.4 Å². The first kappa shape index (κ1) is 10.2. The molecule has 80 valence electrons. The fourth-order valence-electron chi connectivity index (χ4n) is 1.36. The minimum absolute atomic E-state index is 0.0898. The van der Waals surface area contributed by atoms with Crippen molar-refractivity contribution in [1.82, 2.24) is 9.78 Å². The number of carbonyl (C=O) groups is 1. The van der Waals surface area contributed by atoms with Crippen LogP contribution in [0, 0.1) is 0 Å². The Labute approximate surface area is 92.5 Å². The van der Waals surface area contributed by atoms with Gasteiger partial charge in [0.05, 0.1) is 11.3 Å². The fraction of sp³-hybridized carbons (Fsp3) is 0. The summed E-state index contributed by atoms with van der Waals surface area (Å²) in [6.45, 7) is 3.49. The molecule has 4 heteroatoms. The van der Waals surface area contributed by atoms with Crippen LogP contribution in [0.2, 0.25) is 0 Å². The van der Waals surface area contributed by atoms with E-state index in [1.54, 1.807) is 35.1 Å². The number of nitrogens with zero attached hydrogens (tertiary/aromatic N) is 2. The summed E-state index contributed by atoms with van der Waals surface area (Å²) in [5.41, 5.74) is 1.57. The number of aliphatic carboxylic acids is 1. The first-order valence-electron chi connectivity index (χ1n) is 4.71. The average Bonchev–Trinajstić information content (AvgIpc) is 2.81. The molecule has 1 aromatic carbocycles. The van der Waals surface area contributed by atoms with Crippen LogP contribution in [0.5, 0.6) is 0 Å². The van der Waals surface area contributed by atoms with Gasteiger partial charge in [-0.15, -0.1) is 0 Å². The maximum atomic E-state index is 10.7. The Morgan fingerprint density at radius 3 is 2.50 bits per heavy atom.